The second-order valence-corrected chi connectivity index (χ2v) is 5.67. The van der Waals surface area contributed by atoms with Crippen molar-refractivity contribution in [3.05, 3.63) is 0 Å². The van der Waals surface area contributed by atoms with Crippen LogP contribution >= 0.6 is 0 Å². The summed E-state index contributed by atoms with van der Waals surface area (Å²) in [6.45, 7) is 2.30. The summed E-state index contributed by atoms with van der Waals surface area (Å²) in [5.74, 6) is 0.240. The molecule has 0 spiro atoms. The van der Waals surface area contributed by atoms with E-state index in [1.165, 1.54) is 45.1 Å². The molecule has 0 radical (unpaired) electrons. The van der Waals surface area contributed by atoms with Crippen molar-refractivity contribution in [2.45, 2.75) is 57.0 Å². The van der Waals surface area contributed by atoms with Crippen LogP contribution in [-0.2, 0) is 0 Å². The molecule has 3 nitrogen and oxygen atoms in total. The van der Waals surface area contributed by atoms with Gasteiger partial charge in [-0.05, 0) is 39.3 Å². The van der Waals surface area contributed by atoms with E-state index < -0.39 is 0 Å². The lowest BCUT2D eigenvalue weighted by Crippen LogP contribution is -2.43. The third kappa shape index (κ3) is 3.43. The van der Waals surface area contributed by atoms with Crippen LogP contribution in [-0.4, -0.2) is 37.1 Å². The summed E-state index contributed by atoms with van der Waals surface area (Å²) in [4.78, 5) is 2.45. The SMILES string of the molecule is CN1CCCC1CNC1CCCCCC1C#N. The molecule has 0 bridgehead atoms. The smallest absolute Gasteiger partial charge is 0.0672 e. The van der Waals surface area contributed by atoms with Gasteiger partial charge in [0.2, 0.25) is 0 Å². The van der Waals surface area contributed by atoms with Crippen molar-refractivity contribution in [2.75, 3.05) is 20.1 Å². The highest BCUT2D eigenvalue weighted by molar-refractivity contribution is 4.94. The maximum Gasteiger partial charge on any atom is 0.0672 e. The van der Waals surface area contributed by atoms with Crippen LogP contribution in [0, 0.1) is 17.2 Å². The number of rotatable bonds is 3. The first-order chi connectivity index (χ1) is 8.31. The summed E-state index contributed by atoms with van der Waals surface area (Å²) < 4.78 is 0. The number of nitrogens with one attached hydrogen (secondary N) is 1. The summed E-state index contributed by atoms with van der Waals surface area (Å²) in [7, 11) is 2.22. The van der Waals surface area contributed by atoms with Crippen molar-refractivity contribution in [1.29, 1.82) is 5.26 Å². The molecule has 2 rings (SSSR count). The average molecular weight is 235 g/mol. The summed E-state index contributed by atoms with van der Waals surface area (Å²) in [5, 5.41) is 12.9. The number of hydrogen-bond donors (Lipinski definition) is 1. The number of hydrogen-bond acceptors (Lipinski definition) is 3. The average Bonchev–Trinajstić information content (AvgIpc) is 2.63. The van der Waals surface area contributed by atoms with Crippen LogP contribution in [0.1, 0.15) is 44.9 Å². The molecule has 3 atom stereocenters. The van der Waals surface area contributed by atoms with Gasteiger partial charge in [-0.1, -0.05) is 19.3 Å². The van der Waals surface area contributed by atoms with E-state index in [0.29, 0.717) is 12.1 Å². The molecule has 2 fully saturated rings. The normalized spacial score (nSPS) is 35.4. The Morgan fingerprint density at radius 2 is 2.00 bits per heavy atom. The van der Waals surface area contributed by atoms with Gasteiger partial charge in [0.05, 0.1) is 12.0 Å². The van der Waals surface area contributed by atoms with E-state index in [0.717, 1.165) is 13.0 Å². The van der Waals surface area contributed by atoms with E-state index in [9.17, 15) is 5.26 Å². The summed E-state index contributed by atoms with van der Waals surface area (Å²) in [5.41, 5.74) is 0. The van der Waals surface area contributed by atoms with Crippen molar-refractivity contribution in [1.82, 2.24) is 10.2 Å². The number of likely N-dealkylation sites (tertiary alicyclic amines) is 1. The highest BCUT2D eigenvalue weighted by atomic mass is 15.2. The second-order valence-electron chi connectivity index (χ2n) is 5.67. The van der Waals surface area contributed by atoms with Gasteiger partial charge in [-0.2, -0.15) is 5.26 Å². The molecule has 0 aromatic heterocycles. The highest BCUT2D eigenvalue weighted by Crippen LogP contribution is 2.23. The first-order valence-corrected chi connectivity index (χ1v) is 7.14. The van der Waals surface area contributed by atoms with E-state index in [2.05, 4.69) is 23.3 Å². The van der Waals surface area contributed by atoms with Crippen LogP contribution in [0.2, 0.25) is 0 Å². The molecule has 17 heavy (non-hydrogen) atoms. The topological polar surface area (TPSA) is 39.1 Å². The fraction of sp³-hybridized carbons (Fsp3) is 0.929. The zero-order valence-corrected chi connectivity index (χ0v) is 11.0. The Morgan fingerprint density at radius 3 is 2.71 bits per heavy atom. The Labute approximate surface area is 105 Å². The monoisotopic (exact) mass is 235 g/mol. The lowest BCUT2D eigenvalue weighted by atomic mass is 9.96. The third-order valence-corrected chi connectivity index (χ3v) is 4.47. The molecular weight excluding hydrogens is 210 g/mol. The molecule has 2 aliphatic rings. The van der Waals surface area contributed by atoms with E-state index >= 15 is 0 Å². The quantitative estimate of drug-likeness (QED) is 0.762. The molecule has 0 amide bonds. The Kier molecular flexibility index (Phi) is 4.82. The van der Waals surface area contributed by atoms with Gasteiger partial charge in [-0.3, -0.25) is 0 Å². The molecule has 0 aromatic rings. The van der Waals surface area contributed by atoms with Crippen molar-refractivity contribution < 1.29 is 0 Å². The molecular formula is C14H25N3. The zero-order valence-electron chi connectivity index (χ0n) is 11.0. The Bertz CT molecular complexity index is 271. The molecule has 96 valence electrons. The van der Waals surface area contributed by atoms with Crippen molar-refractivity contribution in [2.24, 2.45) is 5.92 Å². The van der Waals surface area contributed by atoms with Crippen LogP contribution in [0.5, 0.6) is 0 Å². The van der Waals surface area contributed by atoms with E-state index in [-0.39, 0.29) is 5.92 Å². The van der Waals surface area contributed by atoms with Crippen LogP contribution in [0.25, 0.3) is 0 Å². The molecule has 1 saturated heterocycles. The molecule has 3 unspecified atom stereocenters. The fourth-order valence-electron chi connectivity index (χ4n) is 3.23. The molecule has 1 heterocycles. The predicted octanol–water partition coefficient (Wildman–Crippen LogP) is 2.14. The number of likely N-dealkylation sites (N-methyl/N-ethyl adjacent to an activating group) is 1. The molecule has 1 aliphatic heterocycles. The standard InChI is InChI=1S/C14H25N3/c1-17-9-5-7-13(17)11-16-14-8-4-2-3-6-12(14)10-15/h12-14,16H,2-9,11H2,1H3. The molecule has 1 N–H and O–H groups in total. The van der Waals surface area contributed by atoms with Crippen LogP contribution in [0.15, 0.2) is 0 Å². The van der Waals surface area contributed by atoms with Gasteiger partial charge in [0.15, 0.2) is 0 Å². The van der Waals surface area contributed by atoms with Crippen molar-refractivity contribution >= 4 is 0 Å². The van der Waals surface area contributed by atoms with Crippen LogP contribution < -0.4 is 5.32 Å². The number of nitriles is 1. The van der Waals surface area contributed by atoms with Crippen molar-refractivity contribution in [3.63, 3.8) is 0 Å². The van der Waals surface area contributed by atoms with Gasteiger partial charge in [-0.15, -0.1) is 0 Å². The van der Waals surface area contributed by atoms with Crippen LogP contribution in [0.4, 0.5) is 0 Å². The third-order valence-electron chi connectivity index (χ3n) is 4.47. The Morgan fingerprint density at radius 1 is 1.18 bits per heavy atom. The van der Waals surface area contributed by atoms with Crippen LogP contribution in [0.3, 0.4) is 0 Å². The van der Waals surface area contributed by atoms with Gasteiger partial charge < -0.3 is 10.2 Å². The summed E-state index contributed by atoms with van der Waals surface area (Å²) >= 11 is 0. The van der Waals surface area contributed by atoms with Gasteiger partial charge in [-0.25, -0.2) is 0 Å². The minimum Gasteiger partial charge on any atom is -0.311 e. The van der Waals surface area contributed by atoms with E-state index in [1.54, 1.807) is 0 Å². The zero-order chi connectivity index (χ0) is 12.1. The minimum atomic E-state index is 0.240. The lowest BCUT2D eigenvalue weighted by Gasteiger charge is -2.26. The van der Waals surface area contributed by atoms with Crippen molar-refractivity contribution in [3.8, 4) is 6.07 Å². The Balaban J connectivity index is 1.81. The van der Waals surface area contributed by atoms with Gasteiger partial charge >= 0.3 is 0 Å². The van der Waals surface area contributed by atoms with E-state index in [1.807, 2.05) is 0 Å². The number of nitrogens with zero attached hydrogens (tertiary/aromatic N) is 2. The second kappa shape index (κ2) is 6.37. The van der Waals surface area contributed by atoms with Gasteiger partial charge in [0, 0.05) is 18.6 Å². The maximum atomic E-state index is 9.23. The summed E-state index contributed by atoms with van der Waals surface area (Å²) in [6, 6.07) is 3.64. The summed E-state index contributed by atoms with van der Waals surface area (Å²) in [6.07, 6.45) is 8.75. The first-order valence-electron chi connectivity index (χ1n) is 7.14. The molecule has 1 aliphatic carbocycles. The molecule has 1 saturated carbocycles. The lowest BCUT2D eigenvalue weighted by molar-refractivity contribution is 0.277. The predicted molar refractivity (Wildman–Crippen MR) is 69.6 cm³/mol. The van der Waals surface area contributed by atoms with Gasteiger partial charge in [0.25, 0.3) is 0 Å². The fourth-order valence-corrected chi connectivity index (χ4v) is 3.23. The first kappa shape index (κ1) is 12.9. The Hall–Kier alpha value is -0.590. The minimum absolute atomic E-state index is 0.240. The molecule has 3 heteroatoms. The highest BCUT2D eigenvalue weighted by Gasteiger charge is 2.26. The maximum absolute atomic E-state index is 9.23. The largest absolute Gasteiger partial charge is 0.311 e. The molecule has 0 aromatic carbocycles. The van der Waals surface area contributed by atoms with Gasteiger partial charge in [0.1, 0.15) is 0 Å². The van der Waals surface area contributed by atoms with E-state index in [4.69, 9.17) is 0 Å².